The van der Waals surface area contributed by atoms with Crippen LogP contribution in [0.1, 0.15) is 24.6 Å². The largest absolute Gasteiger partial charge is 0.360 e. The predicted octanol–water partition coefficient (Wildman–Crippen LogP) is -0.235. The molecule has 84 valence electrons. The van der Waals surface area contributed by atoms with Crippen LogP contribution in [0.25, 0.3) is 0 Å². The zero-order valence-corrected chi connectivity index (χ0v) is 8.85. The molecule has 8 nitrogen and oxygen atoms in total. The van der Waals surface area contributed by atoms with Crippen LogP contribution < -0.4 is 10.9 Å². The van der Waals surface area contributed by atoms with Gasteiger partial charge in [-0.2, -0.15) is 5.21 Å². The van der Waals surface area contributed by atoms with E-state index >= 15 is 0 Å². The van der Waals surface area contributed by atoms with Crippen molar-refractivity contribution in [3.8, 4) is 0 Å². The van der Waals surface area contributed by atoms with Crippen molar-refractivity contribution in [3.63, 3.8) is 0 Å². The Hall–Kier alpha value is -2.25. The van der Waals surface area contributed by atoms with Crippen LogP contribution in [0, 0.1) is 6.92 Å². The summed E-state index contributed by atoms with van der Waals surface area (Å²) in [5.74, 6) is 1.55. The summed E-state index contributed by atoms with van der Waals surface area (Å²) >= 11 is 0. The molecule has 2 aromatic heterocycles. The molecule has 0 aliphatic heterocycles. The van der Waals surface area contributed by atoms with E-state index < -0.39 is 0 Å². The molecule has 0 spiro atoms. The van der Waals surface area contributed by atoms with Gasteiger partial charge in [0.25, 0.3) is 5.56 Å². The van der Waals surface area contributed by atoms with Crippen LogP contribution in [-0.2, 0) is 0 Å². The molecule has 0 amide bonds. The minimum absolute atomic E-state index is 0.174. The van der Waals surface area contributed by atoms with Gasteiger partial charge < -0.3 is 10.3 Å². The standard InChI is InChI=1S/C8H11N7O/c1-4(8-12-14-15-13-8)9-6-3-7(16)11-5(2)10-6/h3-4H,1-2H3,(H2,9,10,11,16)(H,12,13,14,15). The molecule has 1 atom stereocenters. The molecule has 0 fully saturated rings. The lowest BCUT2D eigenvalue weighted by atomic mass is 10.3. The Balaban J connectivity index is 2.18. The highest BCUT2D eigenvalue weighted by Crippen LogP contribution is 2.11. The molecule has 8 heteroatoms. The van der Waals surface area contributed by atoms with Gasteiger partial charge in [-0.05, 0) is 13.8 Å². The Morgan fingerprint density at radius 3 is 2.94 bits per heavy atom. The number of hydrogen-bond acceptors (Lipinski definition) is 6. The van der Waals surface area contributed by atoms with E-state index in [9.17, 15) is 4.79 Å². The van der Waals surface area contributed by atoms with Crippen LogP contribution in [-0.4, -0.2) is 30.6 Å². The van der Waals surface area contributed by atoms with Gasteiger partial charge in [-0.1, -0.05) is 5.21 Å². The highest BCUT2D eigenvalue weighted by Gasteiger charge is 2.10. The Morgan fingerprint density at radius 1 is 1.50 bits per heavy atom. The lowest BCUT2D eigenvalue weighted by molar-refractivity contribution is 0.784. The van der Waals surface area contributed by atoms with E-state index in [-0.39, 0.29) is 11.6 Å². The SMILES string of the molecule is Cc1nc(NC(C)c2nn[nH]n2)cc(=O)[nH]1. The van der Waals surface area contributed by atoms with Crippen LogP contribution in [0.2, 0.25) is 0 Å². The fourth-order valence-electron chi connectivity index (χ4n) is 1.29. The molecule has 0 aromatic carbocycles. The number of tetrazole rings is 1. The number of nitrogens with one attached hydrogen (secondary N) is 3. The van der Waals surface area contributed by atoms with Gasteiger partial charge in [0.05, 0.1) is 6.04 Å². The van der Waals surface area contributed by atoms with Crippen molar-refractivity contribution >= 4 is 5.82 Å². The summed E-state index contributed by atoms with van der Waals surface area (Å²) in [6.45, 7) is 3.56. The maximum Gasteiger partial charge on any atom is 0.252 e. The topological polar surface area (TPSA) is 112 Å². The number of aromatic amines is 2. The Labute approximate surface area is 90.5 Å². The van der Waals surface area contributed by atoms with Crippen LogP contribution in [0.4, 0.5) is 5.82 Å². The predicted molar refractivity (Wildman–Crippen MR) is 55.8 cm³/mol. The first-order valence-electron chi connectivity index (χ1n) is 4.73. The molecular formula is C8H11N7O. The zero-order valence-electron chi connectivity index (χ0n) is 8.85. The fraction of sp³-hybridized carbons (Fsp3) is 0.375. The highest BCUT2D eigenvalue weighted by molar-refractivity contribution is 5.34. The summed E-state index contributed by atoms with van der Waals surface area (Å²) in [6.07, 6.45) is 0. The van der Waals surface area contributed by atoms with E-state index in [4.69, 9.17) is 0 Å². The third-order valence-electron chi connectivity index (χ3n) is 1.97. The second kappa shape index (κ2) is 4.09. The lowest BCUT2D eigenvalue weighted by Gasteiger charge is -2.10. The van der Waals surface area contributed by atoms with Crippen LogP contribution >= 0.6 is 0 Å². The fourth-order valence-corrected chi connectivity index (χ4v) is 1.29. The molecule has 16 heavy (non-hydrogen) atoms. The number of hydrogen-bond donors (Lipinski definition) is 3. The third kappa shape index (κ3) is 2.22. The molecule has 2 rings (SSSR count). The van der Waals surface area contributed by atoms with Crippen molar-refractivity contribution in [3.05, 3.63) is 28.1 Å². The average Bonchev–Trinajstić information content (AvgIpc) is 2.68. The second-order valence-corrected chi connectivity index (χ2v) is 3.35. The van der Waals surface area contributed by atoms with Crippen molar-refractivity contribution in [1.82, 2.24) is 30.6 Å². The van der Waals surface area contributed by atoms with Gasteiger partial charge >= 0.3 is 0 Å². The van der Waals surface area contributed by atoms with Crippen molar-refractivity contribution in [1.29, 1.82) is 0 Å². The van der Waals surface area contributed by atoms with Gasteiger partial charge in [0.15, 0.2) is 5.82 Å². The first kappa shape index (κ1) is 10.3. The Bertz CT molecular complexity index is 517. The monoisotopic (exact) mass is 221 g/mol. The third-order valence-corrected chi connectivity index (χ3v) is 1.97. The van der Waals surface area contributed by atoms with E-state index in [0.29, 0.717) is 17.5 Å². The second-order valence-electron chi connectivity index (χ2n) is 3.35. The first-order valence-corrected chi connectivity index (χ1v) is 4.73. The van der Waals surface area contributed by atoms with Crippen molar-refractivity contribution in [2.75, 3.05) is 5.32 Å². The van der Waals surface area contributed by atoms with Gasteiger partial charge in [0.1, 0.15) is 11.6 Å². The molecule has 2 aromatic rings. The number of aryl methyl sites for hydroxylation is 1. The minimum Gasteiger partial charge on any atom is -0.360 e. The quantitative estimate of drug-likeness (QED) is 0.659. The summed E-state index contributed by atoms with van der Waals surface area (Å²) in [5, 5.41) is 16.5. The maximum atomic E-state index is 11.2. The van der Waals surface area contributed by atoms with Gasteiger partial charge in [-0.3, -0.25) is 4.79 Å². The molecule has 0 bridgehead atoms. The smallest absolute Gasteiger partial charge is 0.252 e. The van der Waals surface area contributed by atoms with Gasteiger partial charge in [-0.25, -0.2) is 4.98 Å². The molecule has 2 heterocycles. The number of nitrogens with zero attached hydrogens (tertiary/aromatic N) is 4. The van der Waals surface area contributed by atoms with Crippen molar-refractivity contribution < 1.29 is 0 Å². The number of anilines is 1. The van der Waals surface area contributed by atoms with E-state index in [2.05, 4.69) is 35.9 Å². The average molecular weight is 221 g/mol. The maximum absolute atomic E-state index is 11.2. The van der Waals surface area contributed by atoms with Crippen molar-refractivity contribution in [2.45, 2.75) is 19.9 Å². The van der Waals surface area contributed by atoms with E-state index in [0.717, 1.165) is 0 Å². The van der Waals surface area contributed by atoms with Gasteiger partial charge in [0, 0.05) is 6.07 Å². The van der Waals surface area contributed by atoms with Crippen LogP contribution in [0.15, 0.2) is 10.9 Å². The molecular weight excluding hydrogens is 210 g/mol. The summed E-state index contributed by atoms with van der Waals surface area (Å²) in [4.78, 5) is 17.9. The number of aromatic nitrogens is 6. The summed E-state index contributed by atoms with van der Waals surface area (Å²) < 4.78 is 0. The number of rotatable bonds is 3. The normalized spacial score (nSPS) is 12.4. The molecule has 0 aliphatic rings. The lowest BCUT2D eigenvalue weighted by Crippen LogP contribution is -2.15. The molecule has 1 unspecified atom stereocenters. The Kier molecular flexibility index (Phi) is 2.63. The van der Waals surface area contributed by atoms with E-state index in [1.54, 1.807) is 6.92 Å². The first-order chi connectivity index (χ1) is 7.65. The summed E-state index contributed by atoms with van der Waals surface area (Å²) in [6, 6.07) is 1.20. The minimum atomic E-state index is -0.199. The molecule has 0 saturated carbocycles. The summed E-state index contributed by atoms with van der Waals surface area (Å²) in [7, 11) is 0. The molecule has 3 N–H and O–H groups in total. The van der Waals surface area contributed by atoms with Crippen LogP contribution in [0.3, 0.4) is 0 Å². The Morgan fingerprint density at radius 2 is 2.31 bits per heavy atom. The van der Waals surface area contributed by atoms with Gasteiger partial charge in [0.2, 0.25) is 0 Å². The molecule has 0 saturated heterocycles. The number of H-pyrrole nitrogens is 2. The molecule has 0 radical (unpaired) electrons. The van der Waals surface area contributed by atoms with E-state index in [1.807, 2.05) is 6.92 Å². The molecule has 0 aliphatic carbocycles. The van der Waals surface area contributed by atoms with Crippen LogP contribution in [0.5, 0.6) is 0 Å². The van der Waals surface area contributed by atoms with E-state index in [1.165, 1.54) is 6.07 Å². The highest BCUT2D eigenvalue weighted by atomic mass is 16.1. The summed E-state index contributed by atoms with van der Waals surface area (Å²) in [5.41, 5.74) is -0.199. The van der Waals surface area contributed by atoms with Gasteiger partial charge in [-0.15, -0.1) is 10.2 Å². The zero-order chi connectivity index (χ0) is 11.5. The van der Waals surface area contributed by atoms with Crippen molar-refractivity contribution in [2.24, 2.45) is 0 Å².